The minimum atomic E-state index is 0. The molecule has 0 atom stereocenters. The van der Waals surface area contributed by atoms with Crippen molar-refractivity contribution in [2.45, 2.75) is 19.9 Å². The van der Waals surface area contributed by atoms with Crippen LogP contribution in [0.2, 0.25) is 0 Å². The van der Waals surface area contributed by atoms with Gasteiger partial charge in [-0.25, -0.2) is 9.98 Å². The highest BCUT2D eigenvalue weighted by Gasteiger charge is 2.06. The van der Waals surface area contributed by atoms with Crippen molar-refractivity contribution in [1.82, 2.24) is 15.6 Å². The fourth-order valence-corrected chi connectivity index (χ4v) is 2.75. The fraction of sp³-hybridized carbons (Fsp3) is 0.304. The van der Waals surface area contributed by atoms with Gasteiger partial charge in [-0.1, -0.05) is 24.3 Å². The number of ether oxygens (including phenoxy) is 2. The van der Waals surface area contributed by atoms with E-state index < -0.39 is 0 Å². The van der Waals surface area contributed by atoms with Crippen LogP contribution >= 0.6 is 24.0 Å². The van der Waals surface area contributed by atoms with Crippen LogP contribution in [-0.4, -0.2) is 37.7 Å². The molecule has 0 aliphatic rings. The largest absolute Gasteiger partial charge is 0.497 e. The normalized spacial score (nSPS) is 10.8. The summed E-state index contributed by atoms with van der Waals surface area (Å²) in [7, 11) is 1.65. The van der Waals surface area contributed by atoms with E-state index in [0.717, 1.165) is 48.2 Å². The third kappa shape index (κ3) is 8.12. The number of nitrogens with one attached hydrogen (secondary N) is 2. The standard InChI is InChI=1S/C23H28N4O3.HI/c1-3-24-23(25-13-8-14-29-21-12-7-11-20(15-21)28-2)26-16-19-17-30-22(27-19)18-9-5-4-6-10-18;/h4-7,9-12,15,17H,3,8,13-14,16H2,1-2H3,(H2,24,25,26);1H. The Labute approximate surface area is 200 Å². The number of aromatic nitrogens is 1. The van der Waals surface area contributed by atoms with Gasteiger partial charge in [0.1, 0.15) is 23.5 Å². The summed E-state index contributed by atoms with van der Waals surface area (Å²) in [5.74, 6) is 2.93. The Hall–Kier alpha value is -2.75. The van der Waals surface area contributed by atoms with Crippen molar-refractivity contribution in [3.63, 3.8) is 0 Å². The molecule has 0 spiro atoms. The second-order valence-corrected chi connectivity index (χ2v) is 6.51. The molecule has 166 valence electrons. The molecule has 7 nitrogen and oxygen atoms in total. The van der Waals surface area contributed by atoms with Gasteiger partial charge in [0.05, 0.1) is 20.3 Å². The van der Waals surface area contributed by atoms with E-state index in [1.807, 2.05) is 61.5 Å². The van der Waals surface area contributed by atoms with Crippen molar-refractivity contribution in [2.75, 3.05) is 26.8 Å². The molecule has 0 radical (unpaired) electrons. The topological polar surface area (TPSA) is 80.9 Å². The van der Waals surface area contributed by atoms with E-state index in [1.165, 1.54) is 0 Å². The summed E-state index contributed by atoms with van der Waals surface area (Å²) >= 11 is 0. The number of hydrogen-bond acceptors (Lipinski definition) is 5. The van der Waals surface area contributed by atoms with Gasteiger partial charge in [-0.3, -0.25) is 0 Å². The first kappa shape index (κ1) is 24.5. The molecule has 1 aromatic heterocycles. The predicted molar refractivity (Wildman–Crippen MR) is 133 cm³/mol. The molecule has 0 amide bonds. The first-order valence-electron chi connectivity index (χ1n) is 10.1. The number of nitrogens with zero attached hydrogens (tertiary/aromatic N) is 2. The summed E-state index contributed by atoms with van der Waals surface area (Å²) in [5.41, 5.74) is 1.74. The number of hydrogen-bond donors (Lipinski definition) is 2. The van der Waals surface area contributed by atoms with Gasteiger partial charge in [0.2, 0.25) is 5.89 Å². The fourth-order valence-electron chi connectivity index (χ4n) is 2.75. The highest BCUT2D eigenvalue weighted by atomic mass is 127. The maximum Gasteiger partial charge on any atom is 0.226 e. The molecule has 0 aliphatic carbocycles. The van der Waals surface area contributed by atoms with E-state index in [2.05, 4.69) is 20.6 Å². The van der Waals surface area contributed by atoms with Crippen molar-refractivity contribution >= 4 is 29.9 Å². The van der Waals surface area contributed by atoms with E-state index in [1.54, 1.807) is 13.4 Å². The molecule has 3 aromatic rings. The molecule has 0 unspecified atom stereocenters. The Morgan fingerprint density at radius 3 is 2.65 bits per heavy atom. The summed E-state index contributed by atoms with van der Waals surface area (Å²) in [6, 6.07) is 17.4. The van der Waals surface area contributed by atoms with Crippen LogP contribution in [0.1, 0.15) is 19.0 Å². The van der Waals surface area contributed by atoms with Gasteiger partial charge in [-0.15, -0.1) is 24.0 Å². The number of methoxy groups -OCH3 is 1. The average molecular weight is 536 g/mol. The van der Waals surface area contributed by atoms with Gasteiger partial charge in [-0.05, 0) is 37.6 Å². The summed E-state index contributed by atoms with van der Waals surface area (Å²) in [6.45, 7) is 4.59. The SMILES string of the molecule is CCNC(=NCc1coc(-c2ccccc2)n1)NCCCOc1cccc(OC)c1.I. The van der Waals surface area contributed by atoms with Gasteiger partial charge in [0, 0.05) is 24.7 Å². The molecule has 1 heterocycles. The monoisotopic (exact) mass is 536 g/mol. The van der Waals surface area contributed by atoms with Crippen LogP contribution < -0.4 is 20.1 Å². The highest BCUT2D eigenvalue weighted by Crippen LogP contribution is 2.19. The van der Waals surface area contributed by atoms with E-state index in [0.29, 0.717) is 19.0 Å². The first-order valence-corrected chi connectivity index (χ1v) is 10.1. The molecule has 8 heteroatoms. The second kappa shape index (κ2) is 13.5. The van der Waals surface area contributed by atoms with Crippen LogP contribution in [0.15, 0.2) is 70.3 Å². The van der Waals surface area contributed by atoms with Gasteiger partial charge in [-0.2, -0.15) is 0 Å². The van der Waals surface area contributed by atoms with Crippen LogP contribution in [-0.2, 0) is 6.54 Å². The maximum absolute atomic E-state index is 5.76. The summed E-state index contributed by atoms with van der Waals surface area (Å²) in [5, 5.41) is 6.55. The van der Waals surface area contributed by atoms with E-state index in [4.69, 9.17) is 13.9 Å². The molecule has 2 N–H and O–H groups in total. The molecule has 3 rings (SSSR count). The number of oxazole rings is 1. The summed E-state index contributed by atoms with van der Waals surface area (Å²) in [6.07, 6.45) is 2.49. The Balaban J connectivity index is 0.00000341. The lowest BCUT2D eigenvalue weighted by atomic mass is 10.2. The predicted octanol–water partition coefficient (Wildman–Crippen LogP) is 4.49. The number of guanidine groups is 1. The first-order chi connectivity index (χ1) is 14.8. The zero-order valence-corrected chi connectivity index (χ0v) is 20.2. The molecular formula is C23H29IN4O3. The molecule has 0 saturated heterocycles. The van der Waals surface area contributed by atoms with Gasteiger partial charge < -0.3 is 24.5 Å². The van der Waals surface area contributed by atoms with E-state index in [-0.39, 0.29) is 24.0 Å². The third-order valence-corrected chi connectivity index (χ3v) is 4.24. The molecule has 2 aromatic carbocycles. The quantitative estimate of drug-likeness (QED) is 0.172. The highest BCUT2D eigenvalue weighted by molar-refractivity contribution is 14.0. The number of aliphatic imine (C=N–C) groups is 1. The summed E-state index contributed by atoms with van der Waals surface area (Å²) in [4.78, 5) is 9.09. The maximum atomic E-state index is 5.76. The van der Waals surface area contributed by atoms with Crippen LogP contribution in [0.25, 0.3) is 11.5 Å². The molecule has 0 aliphatic heterocycles. The van der Waals surface area contributed by atoms with Crippen molar-refractivity contribution in [3.8, 4) is 23.0 Å². The Bertz CT molecular complexity index is 931. The van der Waals surface area contributed by atoms with E-state index >= 15 is 0 Å². The van der Waals surface area contributed by atoms with Crippen LogP contribution in [0.3, 0.4) is 0 Å². The Morgan fingerprint density at radius 1 is 1.06 bits per heavy atom. The molecule has 0 bridgehead atoms. The molecule has 0 fully saturated rings. The molecule has 31 heavy (non-hydrogen) atoms. The third-order valence-electron chi connectivity index (χ3n) is 4.24. The van der Waals surface area contributed by atoms with Crippen molar-refractivity contribution < 1.29 is 13.9 Å². The minimum absolute atomic E-state index is 0. The smallest absolute Gasteiger partial charge is 0.226 e. The lowest BCUT2D eigenvalue weighted by Gasteiger charge is -2.11. The molecule has 0 saturated carbocycles. The second-order valence-electron chi connectivity index (χ2n) is 6.51. The number of rotatable bonds is 10. The number of benzene rings is 2. The average Bonchev–Trinajstić information content (AvgIpc) is 3.27. The lowest BCUT2D eigenvalue weighted by molar-refractivity contribution is 0.308. The Kier molecular flexibility index (Phi) is 10.7. The van der Waals surface area contributed by atoms with Gasteiger partial charge >= 0.3 is 0 Å². The molecular weight excluding hydrogens is 507 g/mol. The van der Waals surface area contributed by atoms with Crippen LogP contribution in [0.4, 0.5) is 0 Å². The van der Waals surface area contributed by atoms with Crippen molar-refractivity contribution in [3.05, 3.63) is 66.6 Å². The van der Waals surface area contributed by atoms with E-state index in [9.17, 15) is 0 Å². The summed E-state index contributed by atoms with van der Waals surface area (Å²) < 4.78 is 16.5. The minimum Gasteiger partial charge on any atom is -0.497 e. The van der Waals surface area contributed by atoms with Crippen molar-refractivity contribution in [1.29, 1.82) is 0 Å². The number of halogens is 1. The zero-order chi connectivity index (χ0) is 21.0. The van der Waals surface area contributed by atoms with Crippen molar-refractivity contribution in [2.24, 2.45) is 4.99 Å². The lowest BCUT2D eigenvalue weighted by Crippen LogP contribution is -2.38. The van der Waals surface area contributed by atoms with Crippen LogP contribution in [0.5, 0.6) is 11.5 Å². The Morgan fingerprint density at radius 2 is 1.87 bits per heavy atom. The zero-order valence-electron chi connectivity index (χ0n) is 17.8. The van der Waals surface area contributed by atoms with Gasteiger partial charge in [0.15, 0.2) is 5.96 Å². The van der Waals surface area contributed by atoms with Crippen LogP contribution in [0, 0.1) is 0 Å². The van der Waals surface area contributed by atoms with Gasteiger partial charge in [0.25, 0.3) is 0 Å².